The van der Waals surface area contributed by atoms with Crippen LogP contribution in [0.4, 0.5) is 0 Å². The molecule has 0 amide bonds. The van der Waals surface area contributed by atoms with Gasteiger partial charge in [-0.3, -0.25) is 4.57 Å². The average molecular weight is 474 g/mol. The number of halogens is 3. The van der Waals surface area contributed by atoms with Crippen molar-refractivity contribution in [3.05, 3.63) is 24.3 Å². The average Bonchev–Trinajstić information content (AvgIpc) is 2.46. The largest absolute Gasteiger partial charge is 0.379 e. The van der Waals surface area contributed by atoms with Gasteiger partial charge in [-0.05, 0) is 49.0 Å². The Hall–Kier alpha value is 0.730. The zero-order valence-corrected chi connectivity index (χ0v) is 18.4. The van der Waals surface area contributed by atoms with Crippen molar-refractivity contribution in [3.8, 4) is 5.75 Å². The first-order valence-corrected chi connectivity index (χ1v) is 13.9. The van der Waals surface area contributed by atoms with Gasteiger partial charge < -0.3 is 8.71 Å². The minimum Gasteiger partial charge on any atom is -0.379 e. The zero-order chi connectivity index (χ0) is 18.4. The quantitative estimate of drug-likeness (QED) is 0.244. The van der Waals surface area contributed by atoms with Gasteiger partial charge in [-0.2, -0.15) is 8.42 Å². The van der Waals surface area contributed by atoms with Crippen LogP contribution in [-0.2, 0) is 19.2 Å². The van der Waals surface area contributed by atoms with E-state index in [4.69, 9.17) is 43.5 Å². The lowest BCUT2D eigenvalue weighted by atomic mass is 10.3. The smallest absolute Gasteiger partial charge is 0.358 e. The second-order valence-corrected chi connectivity index (χ2v) is 16.3. The van der Waals surface area contributed by atoms with Crippen molar-refractivity contribution >= 4 is 73.5 Å². The standard InChI is InChI=1S/C12H16Cl3O5PS3/c1-3-9-22-21(16,19-4-2)23-11-7-5-10(6-8-11)20-24(17,18)12(13,14)15/h5-8H,3-4,9H2,1-2H3. The molecule has 0 spiro atoms. The Morgan fingerprint density at radius 2 is 1.75 bits per heavy atom. The molecule has 0 bridgehead atoms. The molecule has 0 N–H and O–H groups in total. The summed E-state index contributed by atoms with van der Waals surface area (Å²) >= 11 is 18.4. The Morgan fingerprint density at radius 1 is 1.17 bits per heavy atom. The van der Waals surface area contributed by atoms with Crippen molar-refractivity contribution in [2.75, 3.05) is 12.4 Å². The van der Waals surface area contributed by atoms with Crippen molar-refractivity contribution in [1.29, 1.82) is 0 Å². The predicted octanol–water partition coefficient (Wildman–Crippen LogP) is 6.10. The highest BCUT2D eigenvalue weighted by molar-refractivity contribution is 8.89. The highest BCUT2D eigenvalue weighted by atomic mass is 35.6. The number of alkyl halides is 3. The fourth-order valence-electron chi connectivity index (χ4n) is 1.31. The predicted molar refractivity (Wildman–Crippen MR) is 104 cm³/mol. The minimum absolute atomic E-state index is 0.0156. The highest BCUT2D eigenvalue weighted by Gasteiger charge is 2.40. The normalized spacial score (nSPS) is 15.0. The molecule has 0 fully saturated rings. The molecule has 1 rings (SSSR count). The van der Waals surface area contributed by atoms with Gasteiger partial charge in [-0.25, -0.2) is 0 Å². The van der Waals surface area contributed by atoms with E-state index in [0.29, 0.717) is 17.3 Å². The third-order valence-electron chi connectivity index (χ3n) is 2.27. The zero-order valence-electron chi connectivity index (χ0n) is 12.8. The summed E-state index contributed by atoms with van der Waals surface area (Å²) in [5.41, 5.74) is 0. The summed E-state index contributed by atoms with van der Waals surface area (Å²) in [5, 5.41) is 0. The third kappa shape index (κ3) is 7.16. The van der Waals surface area contributed by atoms with Gasteiger partial charge >= 0.3 is 19.0 Å². The molecule has 0 heterocycles. The Bertz CT molecular complexity index is 676. The van der Waals surface area contributed by atoms with E-state index in [0.717, 1.165) is 17.8 Å². The van der Waals surface area contributed by atoms with Gasteiger partial charge in [0.15, 0.2) is 0 Å². The van der Waals surface area contributed by atoms with Crippen LogP contribution in [0.2, 0.25) is 0 Å². The summed E-state index contributed by atoms with van der Waals surface area (Å²) in [7, 11) is -4.41. The van der Waals surface area contributed by atoms with Crippen LogP contribution in [0.15, 0.2) is 29.2 Å². The van der Waals surface area contributed by atoms with Crippen LogP contribution in [-0.4, -0.2) is 23.9 Å². The van der Waals surface area contributed by atoms with Gasteiger partial charge in [0.1, 0.15) is 5.75 Å². The molecule has 1 aromatic carbocycles. The number of rotatable bonds is 9. The van der Waals surface area contributed by atoms with Crippen molar-refractivity contribution in [1.82, 2.24) is 0 Å². The van der Waals surface area contributed by atoms with Crippen molar-refractivity contribution in [3.63, 3.8) is 0 Å². The molecule has 0 aliphatic rings. The maximum absolute atomic E-state index is 12.7. The van der Waals surface area contributed by atoms with Gasteiger partial charge in [0.25, 0.3) is 0 Å². The molecule has 1 atom stereocenters. The van der Waals surface area contributed by atoms with E-state index in [1.807, 2.05) is 6.92 Å². The Morgan fingerprint density at radius 3 is 2.21 bits per heavy atom. The van der Waals surface area contributed by atoms with Gasteiger partial charge in [0.05, 0.1) is 6.61 Å². The third-order valence-corrected chi connectivity index (χ3v) is 12.2. The summed E-state index contributed by atoms with van der Waals surface area (Å²) in [6.45, 7) is 4.10. The maximum atomic E-state index is 12.7. The van der Waals surface area contributed by atoms with Crippen LogP contribution in [0.3, 0.4) is 0 Å². The van der Waals surface area contributed by atoms with Gasteiger partial charge in [0, 0.05) is 10.6 Å². The topological polar surface area (TPSA) is 69.7 Å². The summed E-state index contributed by atoms with van der Waals surface area (Å²) in [6.07, 6.45) is 0.879. The van der Waals surface area contributed by atoms with Crippen LogP contribution in [0.1, 0.15) is 20.3 Å². The first-order chi connectivity index (χ1) is 11.0. The van der Waals surface area contributed by atoms with Gasteiger partial charge in [-0.1, -0.05) is 53.1 Å². The lowest BCUT2D eigenvalue weighted by Gasteiger charge is -2.16. The fraction of sp³-hybridized carbons (Fsp3) is 0.500. The molecule has 0 aromatic heterocycles. The first kappa shape index (κ1) is 22.8. The molecule has 1 aromatic rings. The highest BCUT2D eigenvalue weighted by Crippen LogP contribution is 2.72. The van der Waals surface area contributed by atoms with Gasteiger partial charge in [0.2, 0.25) is 0 Å². The Balaban J connectivity index is 2.85. The summed E-state index contributed by atoms with van der Waals surface area (Å²) < 4.78 is 43.5. The monoisotopic (exact) mass is 472 g/mol. The SMILES string of the molecule is CCCSP(=O)(OCC)Sc1ccc(OS(=O)(=O)C(Cl)(Cl)Cl)cc1. The lowest BCUT2D eigenvalue weighted by Crippen LogP contribution is -2.24. The second-order valence-electron chi connectivity index (χ2n) is 4.24. The molecule has 1 unspecified atom stereocenters. The van der Waals surface area contributed by atoms with E-state index in [2.05, 4.69) is 0 Å². The summed E-state index contributed by atoms with van der Waals surface area (Å²) in [5.74, 6) is -2.23. The van der Waals surface area contributed by atoms with E-state index >= 15 is 0 Å². The van der Waals surface area contributed by atoms with Crippen LogP contribution >= 0.6 is 63.3 Å². The van der Waals surface area contributed by atoms with E-state index in [-0.39, 0.29) is 5.75 Å². The van der Waals surface area contributed by atoms with Crippen LogP contribution in [0, 0.1) is 0 Å². The van der Waals surface area contributed by atoms with E-state index < -0.39 is 19.0 Å². The lowest BCUT2D eigenvalue weighted by molar-refractivity contribution is 0.357. The number of hydrogen-bond acceptors (Lipinski definition) is 7. The molecule has 0 aliphatic carbocycles. The molecule has 0 saturated carbocycles. The van der Waals surface area contributed by atoms with Crippen molar-refractivity contribution in [2.24, 2.45) is 0 Å². The molecule has 5 nitrogen and oxygen atoms in total. The van der Waals surface area contributed by atoms with Crippen LogP contribution < -0.4 is 4.18 Å². The Kier molecular flexibility index (Phi) is 9.11. The second kappa shape index (κ2) is 9.60. The van der Waals surface area contributed by atoms with Crippen molar-refractivity contribution in [2.45, 2.75) is 28.3 Å². The van der Waals surface area contributed by atoms with E-state index in [9.17, 15) is 13.0 Å². The van der Waals surface area contributed by atoms with Crippen LogP contribution in [0.5, 0.6) is 5.75 Å². The van der Waals surface area contributed by atoms with Crippen LogP contribution in [0.25, 0.3) is 0 Å². The summed E-state index contributed by atoms with van der Waals surface area (Å²) in [4.78, 5) is 0.647. The van der Waals surface area contributed by atoms with E-state index in [1.54, 1.807) is 19.1 Å². The van der Waals surface area contributed by atoms with E-state index in [1.165, 1.54) is 23.5 Å². The molecule has 0 saturated heterocycles. The maximum Gasteiger partial charge on any atom is 0.358 e. The van der Waals surface area contributed by atoms with Crippen molar-refractivity contribution < 1.29 is 21.7 Å². The Labute approximate surface area is 165 Å². The molecule has 12 heteroatoms. The summed E-state index contributed by atoms with van der Waals surface area (Å²) in [6, 6.07) is 5.90. The molecular formula is C12H16Cl3O5PS3. The molecule has 138 valence electrons. The fourth-order valence-corrected chi connectivity index (χ4v) is 8.92. The number of hydrogen-bond donors (Lipinski definition) is 0. The number of benzene rings is 1. The first-order valence-electron chi connectivity index (χ1n) is 6.72. The molecular weight excluding hydrogens is 458 g/mol. The molecule has 0 aliphatic heterocycles. The minimum atomic E-state index is -4.41. The molecule has 0 radical (unpaired) electrons. The molecule has 24 heavy (non-hydrogen) atoms. The van der Waals surface area contributed by atoms with Gasteiger partial charge in [-0.15, -0.1) is 0 Å².